The number of carboxylic acid groups (broad SMARTS) is 1. The highest BCUT2D eigenvalue weighted by Gasteiger charge is 2.43. The van der Waals surface area contributed by atoms with Crippen LogP contribution < -0.4 is 4.74 Å². The van der Waals surface area contributed by atoms with Gasteiger partial charge in [-0.25, -0.2) is 4.68 Å². The van der Waals surface area contributed by atoms with Gasteiger partial charge in [-0.05, 0) is 33.2 Å². The van der Waals surface area contributed by atoms with Gasteiger partial charge in [0.2, 0.25) is 5.88 Å². The van der Waals surface area contributed by atoms with Gasteiger partial charge in [-0.3, -0.25) is 9.69 Å². The van der Waals surface area contributed by atoms with Crippen LogP contribution in [0.5, 0.6) is 5.88 Å². The first-order valence-corrected chi connectivity index (χ1v) is 6.45. The van der Waals surface area contributed by atoms with Crippen LogP contribution in [0, 0.1) is 6.92 Å². The number of carboxylic acids is 1. The predicted molar refractivity (Wildman–Crippen MR) is 70.2 cm³/mol. The molecule has 1 aromatic rings. The van der Waals surface area contributed by atoms with E-state index < -0.39 is 11.5 Å². The smallest absolute Gasteiger partial charge is 0.323 e. The number of hydrogen-bond donors (Lipinski definition) is 1. The van der Waals surface area contributed by atoms with Crippen molar-refractivity contribution in [3.8, 4) is 5.88 Å². The van der Waals surface area contributed by atoms with Crippen LogP contribution in [0.3, 0.4) is 0 Å². The summed E-state index contributed by atoms with van der Waals surface area (Å²) in [6, 6.07) is 0. The fraction of sp³-hybridized carbons (Fsp3) is 0.692. The molecule has 2 heterocycles. The van der Waals surface area contributed by atoms with E-state index in [4.69, 9.17) is 4.74 Å². The molecule has 0 aromatic carbocycles. The first-order chi connectivity index (χ1) is 8.90. The molecular formula is C13H21N3O3. The highest BCUT2D eigenvalue weighted by molar-refractivity contribution is 5.78. The Morgan fingerprint density at radius 3 is 2.84 bits per heavy atom. The molecule has 1 aliphatic heterocycles. The Labute approximate surface area is 113 Å². The summed E-state index contributed by atoms with van der Waals surface area (Å²) in [5, 5.41) is 13.8. The minimum Gasteiger partial charge on any atom is -0.481 e. The predicted octanol–water partition coefficient (Wildman–Crippen LogP) is 1.18. The fourth-order valence-electron chi connectivity index (χ4n) is 2.82. The highest BCUT2D eigenvalue weighted by Crippen LogP contribution is 2.33. The van der Waals surface area contributed by atoms with Crippen LogP contribution in [0.25, 0.3) is 0 Å². The summed E-state index contributed by atoms with van der Waals surface area (Å²) in [5.74, 6) is -0.0531. The molecule has 1 unspecified atom stereocenters. The molecule has 0 amide bonds. The summed E-state index contributed by atoms with van der Waals surface area (Å²) >= 11 is 0. The lowest BCUT2D eigenvalue weighted by Gasteiger charge is -2.31. The molecule has 0 aliphatic carbocycles. The van der Waals surface area contributed by atoms with Crippen LogP contribution >= 0.6 is 0 Å². The maximum Gasteiger partial charge on any atom is 0.323 e. The van der Waals surface area contributed by atoms with Crippen LogP contribution in [-0.2, 0) is 18.4 Å². The third-order valence-corrected chi connectivity index (χ3v) is 4.08. The normalized spacial score (nSPS) is 23.8. The van der Waals surface area contributed by atoms with E-state index in [9.17, 15) is 9.90 Å². The van der Waals surface area contributed by atoms with Crippen molar-refractivity contribution in [1.29, 1.82) is 0 Å². The zero-order valence-corrected chi connectivity index (χ0v) is 11.9. The second-order valence-corrected chi connectivity index (χ2v) is 5.30. The van der Waals surface area contributed by atoms with Crippen molar-refractivity contribution in [2.45, 2.75) is 38.8 Å². The number of aryl methyl sites for hydroxylation is 2. The Hall–Kier alpha value is -1.56. The second-order valence-electron chi connectivity index (χ2n) is 5.30. The summed E-state index contributed by atoms with van der Waals surface area (Å²) in [4.78, 5) is 13.5. The molecule has 0 spiro atoms. The van der Waals surface area contributed by atoms with Crippen molar-refractivity contribution in [3.05, 3.63) is 11.3 Å². The number of aliphatic carboxylic acids is 1. The van der Waals surface area contributed by atoms with Crippen LogP contribution in [-0.4, -0.2) is 44.9 Å². The second kappa shape index (κ2) is 4.85. The third kappa shape index (κ3) is 2.20. The van der Waals surface area contributed by atoms with Gasteiger partial charge in [0.15, 0.2) is 0 Å². The molecule has 0 radical (unpaired) electrons. The number of likely N-dealkylation sites (tertiary alicyclic amines) is 1. The number of aromatic nitrogens is 2. The van der Waals surface area contributed by atoms with E-state index in [1.807, 2.05) is 18.9 Å². The van der Waals surface area contributed by atoms with E-state index in [1.54, 1.807) is 18.7 Å². The van der Waals surface area contributed by atoms with Crippen LogP contribution in [0.1, 0.15) is 31.0 Å². The Bertz CT molecular complexity index is 498. The molecule has 1 aliphatic rings. The van der Waals surface area contributed by atoms with E-state index in [0.717, 1.165) is 24.2 Å². The Morgan fingerprint density at radius 2 is 2.26 bits per heavy atom. The van der Waals surface area contributed by atoms with E-state index in [-0.39, 0.29) is 0 Å². The lowest BCUT2D eigenvalue weighted by Crippen LogP contribution is -2.47. The SMILES string of the molecule is COc1c(CN2CCCC2(C)C(=O)O)c(C)nn1C. The van der Waals surface area contributed by atoms with Crippen molar-refractivity contribution >= 4 is 5.97 Å². The first kappa shape index (κ1) is 13.9. The standard InChI is InChI=1S/C13H21N3O3/c1-9-10(11(19-4)15(3)14-9)8-16-7-5-6-13(16,2)12(17)18/h5-8H2,1-4H3,(H,17,18). The summed E-state index contributed by atoms with van der Waals surface area (Å²) in [6.45, 7) is 5.07. The van der Waals surface area contributed by atoms with E-state index in [2.05, 4.69) is 5.10 Å². The van der Waals surface area contributed by atoms with Crippen molar-refractivity contribution in [2.75, 3.05) is 13.7 Å². The number of carbonyl (C=O) groups is 1. The molecule has 0 bridgehead atoms. The van der Waals surface area contributed by atoms with Crippen LogP contribution in [0.2, 0.25) is 0 Å². The van der Waals surface area contributed by atoms with Crippen LogP contribution in [0.15, 0.2) is 0 Å². The Morgan fingerprint density at radius 1 is 1.58 bits per heavy atom. The van der Waals surface area contributed by atoms with Gasteiger partial charge in [0.05, 0.1) is 18.4 Å². The summed E-state index contributed by atoms with van der Waals surface area (Å²) in [5.41, 5.74) is 1.08. The van der Waals surface area contributed by atoms with Crippen molar-refractivity contribution in [3.63, 3.8) is 0 Å². The van der Waals surface area contributed by atoms with Crippen molar-refractivity contribution in [1.82, 2.24) is 14.7 Å². The van der Waals surface area contributed by atoms with Gasteiger partial charge >= 0.3 is 5.97 Å². The highest BCUT2D eigenvalue weighted by atomic mass is 16.5. The molecular weight excluding hydrogens is 246 g/mol. The Kier molecular flexibility index (Phi) is 3.54. The van der Waals surface area contributed by atoms with E-state index >= 15 is 0 Å². The Balaban J connectivity index is 2.29. The molecule has 1 atom stereocenters. The van der Waals surface area contributed by atoms with Crippen LogP contribution in [0.4, 0.5) is 0 Å². The number of rotatable bonds is 4. The zero-order chi connectivity index (χ0) is 14.2. The quantitative estimate of drug-likeness (QED) is 0.887. The average Bonchev–Trinajstić information content (AvgIpc) is 2.83. The molecule has 2 rings (SSSR count). The summed E-state index contributed by atoms with van der Waals surface area (Å²) in [7, 11) is 3.44. The summed E-state index contributed by atoms with van der Waals surface area (Å²) in [6.07, 6.45) is 1.59. The molecule has 106 valence electrons. The molecule has 6 heteroatoms. The maximum atomic E-state index is 11.5. The van der Waals surface area contributed by atoms with Crippen molar-refractivity contribution in [2.24, 2.45) is 7.05 Å². The fourth-order valence-corrected chi connectivity index (χ4v) is 2.82. The first-order valence-electron chi connectivity index (χ1n) is 6.45. The maximum absolute atomic E-state index is 11.5. The molecule has 1 aromatic heterocycles. The molecule has 1 saturated heterocycles. The lowest BCUT2D eigenvalue weighted by molar-refractivity contribution is -0.148. The lowest BCUT2D eigenvalue weighted by atomic mass is 9.99. The zero-order valence-electron chi connectivity index (χ0n) is 11.9. The third-order valence-electron chi connectivity index (χ3n) is 4.08. The van der Waals surface area contributed by atoms with Gasteiger partial charge in [0.1, 0.15) is 5.54 Å². The van der Waals surface area contributed by atoms with Gasteiger partial charge in [-0.2, -0.15) is 5.10 Å². The minimum absolute atomic E-state index is 0.561. The van der Waals surface area contributed by atoms with Gasteiger partial charge in [-0.15, -0.1) is 0 Å². The molecule has 0 saturated carbocycles. The van der Waals surface area contributed by atoms with Gasteiger partial charge in [-0.1, -0.05) is 0 Å². The minimum atomic E-state index is -0.784. The van der Waals surface area contributed by atoms with Crippen molar-refractivity contribution < 1.29 is 14.6 Å². The number of methoxy groups -OCH3 is 1. The average molecular weight is 267 g/mol. The number of hydrogen-bond acceptors (Lipinski definition) is 4. The van der Waals surface area contributed by atoms with Gasteiger partial charge in [0.25, 0.3) is 0 Å². The topological polar surface area (TPSA) is 67.6 Å². The molecule has 6 nitrogen and oxygen atoms in total. The number of nitrogens with zero attached hydrogens (tertiary/aromatic N) is 3. The van der Waals surface area contributed by atoms with E-state index in [0.29, 0.717) is 18.8 Å². The monoisotopic (exact) mass is 267 g/mol. The molecule has 19 heavy (non-hydrogen) atoms. The van der Waals surface area contributed by atoms with Gasteiger partial charge < -0.3 is 9.84 Å². The molecule has 1 N–H and O–H groups in total. The number of ether oxygens (including phenoxy) is 1. The van der Waals surface area contributed by atoms with Gasteiger partial charge in [0, 0.05) is 13.6 Å². The summed E-state index contributed by atoms with van der Waals surface area (Å²) < 4.78 is 7.06. The van der Waals surface area contributed by atoms with E-state index in [1.165, 1.54) is 0 Å². The largest absolute Gasteiger partial charge is 0.481 e. The molecule has 1 fully saturated rings.